The number of fused-ring (bicyclic) bond motifs is 1. The third-order valence-corrected chi connectivity index (χ3v) is 2.87. The number of halogens is 2. The van der Waals surface area contributed by atoms with Gasteiger partial charge in [0.05, 0.1) is 16.7 Å². The SMILES string of the molecule is Cc1cc2nc(CN)c(Cl)nc2cc1Cl. The summed E-state index contributed by atoms with van der Waals surface area (Å²) in [6.45, 7) is 2.20. The van der Waals surface area contributed by atoms with Crippen LogP contribution < -0.4 is 5.73 Å². The Hall–Kier alpha value is -0.900. The highest BCUT2D eigenvalue weighted by Gasteiger charge is 2.07. The summed E-state index contributed by atoms with van der Waals surface area (Å²) in [6.07, 6.45) is 0. The molecular weight excluding hydrogens is 233 g/mol. The molecule has 2 aromatic rings. The number of benzene rings is 1. The number of hydrogen-bond donors (Lipinski definition) is 1. The first-order valence-electron chi connectivity index (χ1n) is 4.44. The molecule has 2 rings (SSSR count). The lowest BCUT2D eigenvalue weighted by Gasteiger charge is -2.04. The van der Waals surface area contributed by atoms with E-state index in [0.717, 1.165) is 11.1 Å². The lowest BCUT2D eigenvalue weighted by molar-refractivity contribution is 0.987. The fourth-order valence-corrected chi connectivity index (χ4v) is 1.69. The summed E-state index contributed by atoms with van der Waals surface area (Å²) in [4.78, 5) is 8.50. The molecule has 0 fully saturated rings. The molecule has 0 spiro atoms. The van der Waals surface area contributed by atoms with E-state index in [0.29, 0.717) is 21.4 Å². The molecule has 1 heterocycles. The van der Waals surface area contributed by atoms with Gasteiger partial charge in [-0.2, -0.15) is 0 Å². The molecule has 0 aliphatic heterocycles. The minimum atomic E-state index is 0.281. The third kappa shape index (κ3) is 1.91. The maximum absolute atomic E-state index is 5.98. The van der Waals surface area contributed by atoms with Crippen LogP contribution >= 0.6 is 23.2 Å². The molecule has 0 aliphatic rings. The Morgan fingerprint density at radius 1 is 1.20 bits per heavy atom. The summed E-state index contributed by atoms with van der Waals surface area (Å²) in [5.74, 6) is 0. The van der Waals surface area contributed by atoms with E-state index in [9.17, 15) is 0 Å². The van der Waals surface area contributed by atoms with Crippen LogP contribution in [0.15, 0.2) is 12.1 Å². The number of hydrogen-bond acceptors (Lipinski definition) is 3. The van der Waals surface area contributed by atoms with Gasteiger partial charge in [-0.15, -0.1) is 0 Å². The minimum Gasteiger partial charge on any atom is -0.325 e. The predicted octanol–water partition coefficient (Wildman–Crippen LogP) is 2.70. The number of rotatable bonds is 1. The third-order valence-electron chi connectivity index (χ3n) is 2.16. The van der Waals surface area contributed by atoms with Crippen molar-refractivity contribution in [1.82, 2.24) is 9.97 Å². The van der Waals surface area contributed by atoms with Crippen molar-refractivity contribution < 1.29 is 0 Å². The first kappa shape index (κ1) is 10.6. The molecule has 0 saturated heterocycles. The summed E-state index contributed by atoms with van der Waals surface area (Å²) in [6, 6.07) is 3.63. The van der Waals surface area contributed by atoms with Crippen LogP contribution in [-0.4, -0.2) is 9.97 Å². The Labute approximate surface area is 97.2 Å². The zero-order valence-corrected chi connectivity index (χ0v) is 9.60. The van der Waals surface area contributed by atoms with Crippen molar-refractivity contribution in [1.29, 1.82) is 0 Å². The quantitative estimate of drug-likeness (QED) is 0.836. The molecule has 0 saturated carbocycles. The van der Waals surface area contributed by atoms with Gasteiger partial charge in [-0.05, 0) is 24.6 Å². The van der Waals surface area contributed by atoms with Crippen molar-refractivity contribution in [2.75, 3.05) is 0 Å². The number of aryl methyl sites for hydroxylation is 1. The maximum Gasteiger partial charge on any atom is 0.152 e. The van der Waals surface area contributed by atoms with Gasteiger partial charge in [-0.25, -0.2) is 9.97 Å². The van der Waals surface area contributed by atoms with Crippen molar-refractivity contribution in [3.8, 4) is 0 Å². The van der Waals surface area contributed by atoms with Crippen LogP contribution in [0.5, 0.6) is 0 Å². The van der Waals surface area contributed by atoms with Gasteiger partial charge in [0.2, 0.25) is 0 Å². The van der Waals surface area contributed by atoms with Crippen molar-refractivity contribution in [2.45, 2.75) is 13.5 Å². The van der Waals surface area contributed by atoms with Crippen LogP contribution in [0.2, 0.25) is 10.2 Å². The Kier molecular flexibility index (Phi) is 2.78. The summed E-state index contributed by atoms with van der Waals surface area (Å²) in [7, 11) is 0. The van der Waals surface area contributed by atoms with Crippen molar-refractivity contribution in [2.24, 2.45) is 5.73 Å². The van der Waals surface area contributed by atoms with Gasteiger partial charge in [0.25, 0.3) is 0 Å². The van der Waals surface area contributed by atoms with E-state index in [1.54, 1.807) is 6.07 Å². The summed E-state index contributed by atoms with van der Waals surface area (Å²) in [5.41, 5.74) is 8.51. The van der Waals surface area contributed by atoms with Gasteiger partial charge in [0.1, 0.15) is 0 Å². The van der Waals surface area contributed by atoms with E-state index < -0.39 is 0 Å². The Morgan fingerprint density at radius 2 is 1.87 bits per heavy atom. The summed E-state index contributed by atoms with van der Waals surface area (Å²) in [5, 5.41) is 0.998. The first-order valence-corrected chi connectivity index (χ1v) is 5.19. The Bertz CT molecular complexity index is 526. The van der Waals surface area contributed by atoms with E-state index in [1.807, 2.05) is 13.0 Å². The zero-order valence-electron chi connectivity index (χ0n) is 8.09. The molecule has 1 aromatic heterocycles. The van der Waals surface area contributed by atoms with Crippen molar-refractivity contribution in [3.05, 3.63) is 33.6 Å². The molecule has 2 N–H and O–H groups in total. The van der Waals surface area contributed by atoms with E-state index in [4.69, 9.17) is 28.9 Å². The topological polar surface area (TPSA) is 51.8 Å². The highest BCUT2D eigenvalue weighted by atomic mass is 35.5. The first-order chi connectivity index (χ1) is 7.11. The Balaban J connectivity index is 2.76. The van der Waals surface area contributed by atoms with Gasteiger partial charge in [-0.1, -0.05) is 23.2 Å². The van der Waals surface area contributed by atoms with Gasteiger partial charge < -0.3 is 5.73 Å². The second-order valence-electron chi connectivity index (χ2n) is 3.26. The van der Waals surface area contributed by atoms with E-state index in [2.05, 4.69) is 9.97 Å². The molecule has 15 heavy (non-hydrogen) atoms. The van der Waals surface area contributed by atoms with Gasteiger partial charge in [0, 0.05) is 11.6 Å². The highest BCUT2D eigenvalue weighted by Crippen LogP contribution is 2.23. The largest absolute Gasteiger partial charge is 0.325 e. The molecule has 1 aromatic carbocycles. The molecule has 0 radical (unpaired) electrons. The van der Waals surface area contributed by atoms with Crippen LogP contribution in [0, 0.1) is 6.92 Å². The molecule has 3 nitrogen and oxygen atoms in total. The second-order valence-corrected chi connectivity index (χ2v) is 4.02. The monoisotopic (exact) mass is 241 g/mol. The van der Waals surface area contributed by atoms with Gasteiger partial charge in [0.15, 0.2) is 5.15 Å². The standard InChI is InChI=1S/C10H9Cl2N3/c1-5-2-7-8(3-6(5)11)15-10(12)9(4-13)14-7/h2-3H,4,13H2,1H3. The molecular formula is C10H9Cl2N3. The van der Waals surface area contributed by atoms with Crippen LogP contribution in [-0.2, 0) is 6.54 Å². The molecule has 0 atom stereocenters. The van der Waals surface area contributed by atoms with Gasteiger partial charge in [-0.3, -0.25) is 0 Å². The smallest absolute Gasteiger partial charge is 0.152 e. The Morgan fingerprint density at radius 3 is 2.53 bits per heavy atom. The van der Waals surface area contributed by atoms with Gasteiger partial charge >= 0.3 is 0 Å². The van der Waals surface area contributed by atoms with Crippen LogP contribution in [0.25, 0.3) is 11.0 Å². The maximum atomic E-state index is 5.98. The molecule has 0 unspecified atom stereocenters. The number of aromatic nitrogens is 2. The lowest BCUT2D eigenvalue weighted by Crippen LogP contribution is -2.02. The van der Waals surface area contributed by atoms with Crippen LogP contribution in [0.1, 0.15) is 11.3 Å². The fourth-order valence-electron chi connectivity index (χ4n) is 1.33. The average Bonchev–Trinajstić information content (AvgIpc) is 2.20. The fraction of sp³-hybridized carbons (Fsp3) is 0.200. The molecule has 0 amide bonds. The highest BCUT2D eigenvalue weighted by molar-refractivity contribution is 6.32. The van der Waals surface area contributed by atoms with E-state index in [1.165, 1.54) is 0 Å². The summed E-state index contributed by atoms with van der Waals surface area (Å²) < 4.78 is 0. The zero-order chi connectivity index (χ0) is 11.0. The average molecular weight is 242 g/mol. The molecule has 78 valence electrons. The molecule has 0 bridgehead atoms. The van der Waals surface area contributed by atoms with Crippen molar-refractivity contribution >= 4 is 34.2 Å². The van der Waals surface area contributed by atoms with E-state index >= 15 is 0 Å². The van der Waals surface area contributed by atoms with Crippen LogP contribution in [0.4, 0.5) is 0 Å². The number of nitrogens with two attached hydrogens (primary N) is 1. The minimum absolute atomic E-state index is 0.281. The second kappa shape index (κ2) is 3.93. The summed E-state index contributed by atoms with van der Waals surface area (Å²) >= 11 is 11.9. The normalized spacial score (nSPS) is 10.9. The molecule has 0 aliphatic carbocycles. The van der Waals surface area contributed by atoms with E-state index in [-0.39, 0.29) is 6.54 Å². The number of nitrogens with zero attached hydrogens (tertiary/aromatic N) is 2. The predicted molar refractivity (Wildman–Crippen MR) is 62.2 cm³/mol. The molecule has 5 heteroatoms. The van der Waals surface area contributed by atoms with Crippen LogP contribution in [0.3, 0.4) is 0 Å². The van der Waals surface area contributed by atoms with Crippen molar-refractivity contribution in [3.63, 3.8) is 0 Å². The lowest BCUT2D eigenvalue weighted by atomic mass is 10.2.